The van der Waals surface area contributed by atoms with Crippen LogP contribution in [0.1, 0.15) is 56.1 Å². The van der Waals surface area contributed by atoms with Crippen LogP contribution in [0.5, 0.6) is 11.5 Å². The number of nitrogens with one attached hydrogen (secondary N) is 1. The maximum absolute atomic E-state index is 13.6. The van der Waals surface area contributed by atoms with Gasteiger partial charge in [-0.3, -0.25) is 9.69 Å². The summed E-state index contributed by atoms with van der Waals surface area (Å²) in [5.41, 5.74) is 1.98. The van der Waals surface area contributed by atoms with Crippen LogP contribution in [0.3, 0.4) is 0 Å². The van der Waals surface area contributed by atoms with Crippen molar-refractivity contribution in [3.8, 4) is 11.5 Å². The molecule has 0 radical (unpaired) electrons. The third-order valence-corrected chi connectivity index (χ3v) is 11.1. The van der Waals surface area contributed by atoms with Gasteiger partial charge in [0.2, 0.25) is 0 Å². The number of halogens is 2. The summed E-state index contributed by atoms with van der Waals surface area (Å²) in [6.07, 6.45) is 3.76. The Hall–Kier alpha value is -3.87. The molecule has 2 aromatic carbocycles. The number of fused-ring (bicyclic) bond motifs is 3. The molecule has 5 heterocycles. The molecule has 3 fully saturated rings. The van der Waals surface area contributed by atoms with Crippen molar-refractivity contribution in [1.82, 2.24) is 10.2 Å². The van der Waals surface area contributed by atoms with E-state index in [0.717, 1.165) is 42.9 Å². The third kappa shape index (κ3) is 8.52. The van der Waals surface area contributed by atoms with E-state index in [1.54, 1.807) is 24.3 Å². The minimum Gasteiger partial charge on any atom is -0.619 e. The molecule has 50 heavy (non-hydrogen) atoms. The van der Waals surface area contributed by atoms with Crippen molar-refractivity contribution in [2.75, 3.05) is 40.4 Å². The number of methoxy groups -OCH3 is 2. The van der Waals surface area contributed by atoms with Crippen LogP contribution in [0.2, 0.25) is 10.0 Å². The summed E-state index contributed by atoms with van der Waals surface area (Å²) in [6.45, 7) is 3.78. The SMILES string of the molecule is COc1ccc([C@H](Cc2c(Cl)c[n+]([O-])cc2Cl)OC(=O)c2ccc(CNC[C@H](C(=O)O[C@H]3CN4CCC3CC4)c3ccccc3)s2)cc1OC. The first-order chi connectivity index (χ1) is 24.2. The van der Waals surface area contributed by atoms with Crippen molar-refractivity contribution < 1.29 is 33.3 Å². The zero-order valence-corrected chi connectivity index (χ0v) is 30.1. The molecule has 0 unspecified atom stereocenters. The summed E-state index contributed by atoms with van der Waals surface area (Å²) < 4.78 is 23.6. The van der Waals surface area contributed by atoms with Crippen molar-refractivity contribution in [2.24, 2.45) is 5.92 Å². The fourth-order valence-electron chi connectivity index (χ4n) is 6.60. The van der Waals surface area contributed by atoms with Gasteiger partial charge in [-0.05, 0) is 67.2 Å². The van der Waals surface area contributed by atoms with Gasteiger partial charge in [0, 0.05) is 36.5 Å². The molecule has 264 valence electrons. The number of nitrogens with zero attached hydrogens (tertiary/aromatic N) is 2. The normalized spacial score (nSPS) is 19.4. The van der Waals surface area contributed by atoms with E-state index >= 15 is 0 Å². The fourth-order valence-corrected chi connectivity index (χ4v) is 8.06. The summed E-state index contributed by atoms with van der Waals surface area (Å²) in [4.78, 5) is 30.7. The fraction of sp³-hybridized carbons (Fsp3) is 0.378. The number of hydrogen-bond acceptors (Lipinski definition) is 10. The summed E-state index contributed by atoms with van der Waals surface area (Å²) in [6, 6.07) is 18.5. The molecule has 3 atom stereocenters. The van der Waals surface area contributed by atoms with Crippen molar-refractivity contribution in [1.29, 1.82) is 0 Å². The largest absolute Gasteiger partial charge is 0.619 e. The van der Waals surface area contributed by atoms with Crippen LogP contribution < -0.4 is 19.5 Å². The topological polar surface area (TPSA) is 113 Å². The van der Waals surface area contributed by atoms with Gasteiger partial charge >= 0.3 is 11.9 Å². The molecule has 10 nitrogen and oxygen atoms in total. The third-order valence-electron chi connectivity index (χ3n) is 9.34. The lowest BCUT2D eigenvalue weighted by Gasteiger charge is -2.44. The Morgan fingerprint density at radius 3 is 2.36 bits per heavy atom. The predicted octanol–water partition coefficient (Wildman–Crippen LogP) is 6.36. The van der Waals surface area contributed by atoms with Crippen LogP contribution >= 0.6 is 34.5 Å². The second-order valence-electron chi connectivity index (χ2n) is 12.5. The number of esters is 2. The standard InChI is InChI=1S/C37H39Cl2N3O7S/c1-46-31-10-8-25(16-33(31)47-2)32(17-27-29(38)20-42(45)21-30(27)39)48-37(44)35-11-9-26(50-35)18-40-19-28(23-6-4-3-5-7-23)36(43)49-34-22-41-14-12-24(34)13-15-41/h3-11,16,20-21,24,28,32,34,40H,12-15,17-19,22H2,1-2H3/t28-,32-,34-/m0/s1. The monoisotopic (exact) mass is 739 g/mol. The number of carbonyl (C=O) groups excluding carboxylic acids is 2. The number of piperidine rings is 3. The smallest absolute Gasteiger partial charge is 0.348 e. The van der Waals surface area contributed by atoms with E-state index in [2.05, 4.69) is 10.2 Å². The summed E-state index contributed by atoms with van der Waals surface area (Å²) >= 11 is 14.1. The molecular weight excluding hydrogens is 701 g/mol. The maximum atomic E-state index is 13.6. The van der Waals surface area contributed by atoms with E-state index in [-0.39, 0.29) is 28.5 Å². The highest BCUT2D eigenvalue weighted by Crippen LogP contribution is 2.36. The zero-order valence-electron chi connectivity index (χ0n) is 27.8. The first-order valence-corrected chi connectivity index (χ1v) is 18.1. The molecule has 2 aromatic heterocycles. The van der Waals surface area contributed by atoms with E-state index in [9.17, 15) is 14.8 Å². The Balaban J connectivity index is 1.13. The highest BCUT2D eigenvalue weighted by molar-refractivity contribution is 7.13. The first kappa shape index (κ1) is 35.9. The Labute approximate surface area is 305 Å². The molecular formula is C37H39Cl2N3O7S. The molecule has 0 spiro atoms. The number of carbonyl (C=O) groups is 2. The van der Waals surface area contributed by atoms with Gasteiger partial charge in [0.1, 0.15) is 27.1 Å². The average Bonchev–Trinajstić information content (AvgIpc) is 3.61. The lowest BCUT2D eigenvalue weighted by atomic mass is 9.85. The average molecular weight is 741 g/mol. The number of ether oxygens (including phenoxy) is 4. The molecule has 2 bridgehead atoms. The van der Waals surface area contributed by atoms with Crippen LogP contribution in [0.15, 0.2) is 73.1 Å². The highest BCUT2D eigenvalue weighted by atomic mass is 35.5. The summed E-state index contributed by atoms with van der Waals surface area (Å²) in [5, 5.41) is 15.6. The number of pyridine rings is 1. The van der Waals surface area contributed by atoms with Gasteiger partial charge in [0.05, 0.1) is 20.1 Å². The van der Waals surface area contributed by atoms with E-state index in [0.29, 0.717) is 51.2 Å². The predicted molar refractivity (Wildman–Crippen MR) is 191 cm³/mol. The van der Waals surface area contributed by atoms with Gasteiger partial charge in [0.25, 0.3) is 0 Å². The van der Waals surface area contributed by atoms with Crippen molar-refractivity contribution in [3.05, 3.63) is 115 Å². The van der Waals surface area contributed by atoms with E-state index in [4.69, 9.17) is 42.1 Å². The van der Waals surface area contributed by atoms with Crippen LogP contribution in [0, 0.1) is 11.1 Å². The minimum absolute atomic E-state index is 0.0677. The van der Waals surface area contributed by atoms with Gasteiger partial charge in [0.15, 0.2) is 23.9 Å². The van der Waals surface area contributed by atoms with Gasteiger partial charge < -0.3 is 29.5 Å². The molecule has 0 amide bonds. The second-order valence-corrected chi connectivity index (χ2v) is 14.5. The number of benzene rings is 2. The number of hydrogen-bond donors (Lipinski definition) is 1. The van der Waals surface area contributed by atoms with E-state index in [1.165, 1.54) is 38.0 Å². The molecule has 1 N–H and O–H groups in total. The zero-order chi connectivity index (χ0) is 35.2. The Kier molecular flexibility index (Phi) is 11.8. The Bertz CT molecular complexity index is 1780. The van der Waals surface area contributed by atoms with Crippen LogP contribution in [-0.2, 0) is 27.2 Å². The van der Waals surface area contributed by atoms with Gasteiger partial charge in [-0.15, -0.1) is 11.3 Å². The molecule has 4 aromatic rings. The molecule has 3 saturated heterocycles. The van der Waals surface area contributed by atoms with Crippen LogP contribution in [0.4, 0.5) is 0 Å². The first-order valence-electron chi connectivity index (χ1n) is 16.5. The maximum Gasteiger partial charge on any atom is 0.348 e. The van der Waals surface area contributed by atoms with Gasteiger partial charge in [-0.25, -0.2) is 4.79 Å². The number of rotatable bonds is 14. The van der Waals surface area contributed by atoms with Crippen molar-refractivity contribution in [3.63, 3.8) is 0 Å². The Morgan fingerprint density at radius 1 is 0.980 bits per heavy atom. The summed E-state index contributed by atoms with van der Waals surface area (Å²) in [7, 11) is 3.05. The summed E-state index contributed by atoms with van der Waals surface area (Å²) in [5.74, 6) is 0.178. The molecule has 0 saturated carbocycles. The van der Waals surface area contributed by atoms with Crippen LogP contribution in [0.25, 0.3) is 0 Å². The quantitative estimate of drug-likeness (QED) is 0.0898. The van der Waals surface area contributed by atoms with E-state index < -0.39 is 18.0 Å². The van der Waals surface area contributed by atoms with Crippen LogP contribution in [-0.4, -0.2) is 63.3 Å². The molecule has 0 aliphatic carbocycles. The molecule has 7 rings (SSSR count). The lowest BCUT2D eigenvalue weighted by Crippen LogP contribution is -2.52. The number of thiophene rings is 1. The molecule has 3 aliphatic heterocycles. The van der Waals surface area contributed by atoms with Gasteiger partial charge in [-0.1, -0.05) is 59.6 Å². The van der Waals surface area contributed by atoms with Crippen molar-refractivity contribution >= 4 is 46.5 Å². The lowest BCUT2D eigenvalue weighted by molar-refractivity contribution is -0.605. The molecule has 3 aliphatic rings. The number of aromatic nitrogens is 1. The van der Waals surface area contributed by atoms with E-state index in [1.807, 2.05) is 36.4 Å². The van der Waals surface area contributed by atoms with Crippen molar-refractivity contribution in [2.45, 2.75) is 43.9 Å². The molecule has 13 heteroatoms. The minimum atomic E-state index is -0.822. The highest BCUT2D eigenvalue weighted by Gasteiger charge is 2.38. The second kappa shape index (κ2) is 16.4. The Morgan fingerprint density at radius 2 is 1.70 bits per heavy atom. The van der Waals surface area contributed by atoms with Gasteiger partial charge in [-0.2, -0.15) is 4.73 Å².